The van der Waals surface area contributed by atoms with Gasteiger partial charge in [-0.25, -0.2) is 9.18 Å². The summed E-state index contributed by atoms with van der Waals surface area (Å²) < 4.78 is 14.1. The third-order valence-corrected chi connectivity index (χ3v) is 7.01. The zero-order valence-electron chi connectivity index (χ0n) is 24.0. The van der Waals surface area contributed by atoms with Crippen LogP contribution in [0.25, 0.3) is 11.1 Å². The van der Waals surface area contributed by atoms with Crippen molar-refractivity contribution in [1.82, 2.24) is 16.0 Å². The number of nitrogens with zero attached hydrogens (tertiary/aromatic N) is 1. The van der Waals surface area contributed by atoms with E-state index in [2.05, 4.69) is 16.0 Å². The number of hydrogen-bond donors (Lipinski definition) is 5. The number of rotatable bonds is 10. The van der Waals surface area contributed by atoms with Crippen molar-refractivity contribution in [2.24, 2.45) is 5.73 Å². The van der Waals surface area contributed by atoms with Gasteiger partial charge in [-0.1, -0.05) is 48.5 Å². The fraction of sp³-hybridized carbons (Fsp3) is 0.344. The van der Waals surface area contributed by atoms with Gasteiger partial charge in [0.25, 0.3) is 0 Å². The summed E-state index contributed by atoms with van der Waals surface area (Å²) in [6.07, 6.45) is 0.864. The van der Waals surface area contributed by atoms with Crippen molar-refractivity contribution in [1.29, 1.82) is 0 Å². The number of carbonyl (C=O) groups excluding carboxylic acids is 3. The summed E-state index contributed by atoms with van der Waals surface area (Å²) in [4.78, 5) is 40.0. The van der Waals surface area contributed by atoms with Crippen LogP contribution in [-0.2, 0) is 29.1 Å². The van der Waals surface area contributed by atoms with Crippen molar-refractivity contribution < 1.29 is 23.9 Å². The van der Waals surface area contributed by atoms with Crippen molar-refractivity contribution in [3.05, 3.63) is 89.2 Å². The van der Waals surface area contributed by atoms with Crippen LogP contribution < -0.4 is 26.6 Å². The summed E-state index contributed by atoms with van der Waals surface area (Å²) >= 11 is 0. The fourth-order valence-electron chi connectivity index (χ4n) is 5.04. The Morgan fingerprint density at radius 2 is 1.81 bits per heavy atom. The van der Waals surface area contributed by atoms with Crippen molar-refractivity contribution in [3.8, 4) is 11.1 Å². The molecule has 9 nitrogen and oxygen atoms in total. The Bertz CT molecular complexity index is 1420. The lowest BCUT2D eigenvalue weighted by Crippen LogP contribution is -2.49. The molecule has 1 heterocycles. The molecule has 6 N–H and O–H groups in total. The van der Waals surface area contributed by atoms with Crippen molar-refractivity contribution in [2.45, 2.75) is 57.8 Å². The molecule has 222 valence electrons. The minimum Gasteiger partial charge on any atom is -0.395 e. The molecule has 0 radical (unpaired) electrons. The third kappa shape index (κ3) is 8.14. The van der Waals surface area contributed by atoms with Gasteiger partial charge in [-0.2, -0.15) is 0 Å². The Morgan fingerprint density at radius 1 is 1.07 bits per heavy atom. The number of carbonyl (C=O) groups is 3. The van der Waals surface area contributed by atoms with Crippen molar-refractivity contribution >= 4 is 23.5 Å². The molecule has 1 aliphatic rings. The zero-order chi connectivity index (χ0) is 30.3. The minimum atomic E-state index is -0.761. The smallest absolute Gasteiger partial charge is 0.315 e. The number of fused-ring (bicyclic) bond motifs is 1. The number of nitrogens with one attached hydrogen (secondary N) is 3. The van der Waals surface area contributed by atoms with E-state index in [1.807, 2.05) is 48.5 Å². The molecule has 3 aromatic rings. The maximum absolute atomic E-state index is 14.1. The molecule has 0 saturated carbocycles. The predicted molar refractivity (Wildman–Crippen MR) is 160 cm³/mol. The van der Waals surface area contributed by atoms with Crippen LogP contribution in [0.1, 0.15) is 43.4 Å². The maximum atomic E-state index is 14.1. The predicted octanol–water partition coefficient (Wildman–Crippen LogP) is 3.38. The van der Waals surface area contributed by atoms with Crippen LogP contribution in [0.3, 0.4) is 0 Å². The largest absolute Gasteiger partial charge is 0.395 e. The van der Waals surface area contributed by atoms with E-state index >= 15 is 0 Å². The van der Waals surface area contributed by atoms with Gasteiger partial charge in [0, 0.05) is 30.7 Å². The first-order chi connectivity index (χ1) is 20.0. The van der Waals surface area contributed by atoms with Crippen molar-refractivity contribution in [2.75, 3.05) is 18.1 Å². The molecule has 4 rings (SSSR count). The number of hydrogen-bond acceptors (Lipinski definition) is 5. The Balaban J connectivity index is 1.54. The van der Waals surface area contributed by atoms with Gasteiger partial charge in [0.15, 0.2) is 0 Å². The molecule has 42 heavy (non-hydrogen) atoms. The summed E-state index contributed by atoms with van der Waals surface area (Å²) in [7, 11) is 0. The number of benzene rings is 3. The summed E-state index contributed by atoms with van der Waals surface area (Å²) in [6.45, 7) is 4.08. The lowest BCUT2D eigenvalue weighted by atomic mass is 9.98. The maximum Gasteiger partial charge on any atom is 0.315 e. The molecule has 1 atom stereocenters. The average Bonchev–Trinajstić information content (AvgIpc) is 3.06. The molecule has 0 fully saturated rings. The number of urea groups is 1. The first-order valence-electron chi connectivity index (χ1n) is 14.0. The molecule has 0 bridgehead atoms. The van der Waals surface area contributed by atoms with E-state index in [1.54, 1.807) is 24.8 Å². The van der Waals surface area contributed by atoms with Crippen LogP contribution in [-0.4, -0.2) is 47.7 Å². The van der Waals surface area contributed by atoms with E-state index < -0.39 is 11.6 Å². The number of aryl methyl sites for hydroxylation is 1. The normalized spacial score (nSPS) is 15.0. The Kier molecular flexibility index (Phi) is 9.92. The molecule has 0 aliphatic carbocycles. The second-order valence-electron chi connectivity index (χ2n) is 11.2. The van der Waals surface area contributed by atoms with Crippen LogP contribution in [0, 0.1) is 5.82 Å². The quantitative estimate of drug-likeness (QED) is 0.253. The summed E-state index contributed by atoms with van der Waals surface area (Å²) in [6, 6.07) is 18.8. The highest BCUT2D eigenvalue weighted by Gasteiger charge is 2.32. The molecule has 0 saturated heterocycles. The summed E-state index contributed by atoms with van der Waals surface area (Å²) in [5.74, 6) is -0.943. The second kappa shape index (κ2) is 13.6. The van der Waals surface area contributed by atoms with Crippen molar-refractivity contribution in [3.63, 3.8) is 0 Å². The monoisotopic (exact) mass is 575 g/mol. The molecule has 0 spiro atoms. The van der Waals surface area contributed by atoms with Crippen LogP contribution in [0.4, 0.5) is 14.9 Å². The van der Waals surface area contributed by atoms with E-state index in [0.29, 0.717) is 30.6 Å². The van der Waals surface area contributed by atoms with Gasteiger partial charge < -0.3 is 31.7 Å². The molecule has 0 aromatic heterocycles. The van der Waals surface area contributed by atoms with E-state index in [1.165, 1.54) is 12.1 Å². The Morgan fingerprint density at radius 3 is 2.52 bits per heavy atom. The second-order valence-corrected chi connectivity index (χ2v) is 11.2. The van der Waals surface area contributed by atoms with Crippen LogP contribution in [0.2, 0.25) is 0 Å². The molecular weight excluding hydrogens is 537 g/mol. The van der Waals surface area contributed by atoms with Crippen LogP contribution >= 0.6 is 0 Å². The average molecular weight is 576 g/mol. The number of amides is 4. The van der Waals surface area contributed by atoms with Gasteiger partial charge in [0.05, 0.1) is 13.2 Å². The highest BCUT2D eigenvalue weighted by Crippen LogP contribution is 2.31. The van der Waals surface area contributed by atoms with E-state index in [0.717, 1.165) is 22.3 Å². The van der Waals surface area contributed by atoms with Crippen LogP contribution in [0.5, 0.6) is 0 Å². The van der Waals surface area contributed by atoms with Gasteiger partial charge in [0.2, 0.25) is 11.8 Å². The van der Waals surface area contributed by atoms with Gasteiger partial charge in [-0.05, 0) is 72.7 Å². The zero-order valence-corrected chi connectivity index (χ0v) is 24.0. The van der Waals surface area contributed by atoms with Gasteiger partial charge in [-0.3, -0.25) is 9.59 Å². The first-order valence-corrected chi connectivity index (χ1v) is 14.0. The Labute approximate surface area is 245 Å². The summed E-state index contributed by atoms with van der Waals surface area (Å²) in [5.41, 5.74) is 10.3. The van der Waals surface area contributed by atoms with E-state index in [4.69, 9.17) is 10.8 Å². The Hall–Kier alpha value is -4.28. The van der Waals surface area contributed by atoms with Gasteiger partial charge in [-0.15, -0.1) is 0 Å². The summed E-state index contributed by atoms with van der Waals surface area (Å²) in [5, 5.41) is 17.1. The lowest BCUT2D eigenvalue weighted by molar-refractivity contribution is -0.128. The lowest BCUT2D eigenvalue weighted by Gasteiger charge is -2.27. The van der Waals surface area contributed by atoms with E-state index in [9.17, 15) is 18.8 Å². The SMILES string of the molecule is CC(C)(N)CC(=O)N[C@@H]1CCc2cc(F)ccc2N(Cc2ccc(-c3ccccc3CNC(=O)NCCO)cc2)C1=O. The number of halogens is 1. The van der Waals surface area contributed by atoms with Gasteiger partial charge >= 0.3 is 6.03 Å². The third-order valence-electron chi connectivity index (χ3n) is 7.01. The highest BCUT2D eigenvalue weighted by molar-refractivity contribution is 6.00. The fourth-order valence-corrected chi connectivity index (χ4v) is 5.04. The van der Waals surface area contributed by atoms with Crippen LogP contribution in [0.15, 0.2) is 66.7 Å². The topological polar surface area (TPSA) is 137 Å². The molecular formula is C32H38FN5O4. The van der Waals surface area contributed by atoms with Gasteiger partial charge in [0.1, 0.15) is 11.9 Å². The number of aliphatic hydroxyl groups is 1. The standard InChI is InChI=1S/C32H38FN5O4/c1-32(2,34)18-29(40)37-27-13-11-23-17-25(33)12-14-28(23)38(30(27)41)20-21-7-9-22(10-8-21)26-6-4-3-5-24(26)19-36-31(42)35-15-16-39/h3-10,12,14,17,27,39H,11,13,15-16,18-20,34H2,1-2H3,(H,37,40)(H2,35,36,42)/t27-/m1/s1. The number of aliphatic hydroxyl groups excluding tert-OH is 1. The highest BCUT2D eigenvalue weighted by atomic mass is 19.1. The minimum absolute atomic E-state index is 0.0736. The molecule has 10 heteroatoms. The molecule has 4 amide bonds. The first kappa shape index (κ1) is 30.7. The number of nitrogens with two attached hydrogens (primary N) is 1. The molecule has 0 unspecified atom stereocenters. The molecule has 3 aromatic carbocycles. The number of anilines is 1. The molecule has 1 aliphatic heterocycles. The van der Waals surface area contributed by atoms with E-state index in [-0.39, 0.29) is 49.8 Å².